The van der Waals surface area contributed by atoms with E-state index < -0.39 is 5.92 Å². The molecule has 5 unspecified atom stereocenters. The number of hydrogen-bond donors (Lipinski definition) is 1. The molecule has 2 fully saturated rings. The number of hydrogen-bond acceptors (Lipinski definition) is 2. The molecule has 28 heavy (non-hydrogen) atoms. The van der Waals surface area contributed by atoms with Gasteiger partial charge in [-0.3, -0.25) is 9.59 Å². The summed E-state index contributed by atoms with van der Waals surface area (Å²) in [7, 11) is 0. The molecule has 3 heteroatoms. The Morgan fingerprint density at radius 2 is 1.68 bits per heavy atom. The van der Waals surface area contributed by atoms with E-state index in [2.05, 4.69) is 24.4 Å². The Balaban J connectivity index is 1.67. The molecule has 1 aliphatic carbocycles. The number of allylic oxidation sites excluding steroid dienone is 1. The highest BCUT2D eigenvalue weighted by atomic mass is 16.2. The zero-order valence-electron chi connectivity index (χ0n) is 16.3. The van der Waals surface area contributed by atoms with Crippen molar-refractivity contribution in [1.82, 2.24) is 5.32 Å². The smallest absolute Gasteiger partial charge is 0.231 e. The van der Waals surface area contributed by atoms with Crippen molar-refractivity contribution in [3.8, 4) is 0 Å². The highest BCUT2D eigenvalue weighted by molar-refractivity contribution is 6.09. The predicted molar refractivity (Wildman–Crippen MR) is 112 cm³/mol. The van der Waals surface area contributed by atoms with Crippen molar-refractivity contribution in [1.29, 1.82) is 0 Å². The minimum absolute atomic E-state index is 0.0596. The van der Waals surface area contributed by atoms with Crippen LogP contribution in [-0.2, 0) is 9.59 Å². The molecule has 2 aliphatic rings. The van der Waals surface area contributed by atoms with Gasteiger partial charge in [-0.1, -0.05) is 73.7 Å². The number of carbonyl (C=O) groups is 2. The molecular weight excluding hydrogens is 346 g/mol. The van der Waals surface area contributed by atoms with Gasteiger partial charge in [-0.05, 0) is 48.3 Å². The first-order valence-corrected chi connectivity index (χ1v) is 10.3. The maximum absolute atomic E-state index is 13.2. The zero-order valence-corrected chi connectivity index (χ0v) is 16.3. The van der Waals surface area contributed by atoms with Crippen LogP contribution in [0.4, 0.5) is 0 Å². The van der Waals surface area contributed by atoms with Crippen molar-refractivity contribution < 1.29 is 9.59 Å². The van der Waals surface area contributed by atoms with Crippen molar-refractivity contribution >= 4 is 17.8 Å². The third-order valence-electron chi connectivity index (χ3n) is 6.32. The van der Waals surface area contributed by atoms with Crippen LogP contribution >= 0.6 is 0 Å². The van der Waals surface area contributed by atoms with Crippen molar-refractivity contribution in [3.05, 3.63) is 77.9 Å². The van der Waals surface area contributed by atoms with Crippen LogP contribution in [0.25, 0.3) is 6.08 Å². The van der Waals surface area contributed by atoms with E-state index in [-0.39, 0.29) is 23.7 Å². The van der Waals surface area contributed by atoms with Gasteiger partial charge in [-0.2, -0.15) is 0 Å². The monoisotopic (exact) mass is 373 g/mol. The summed E-state index contributed by atoms with van der Waals surface area (Å²) < 4.78 is 0. The molecule has 3 nitrogen and oxygen atoms in total. The van der Waals surface area contributed by atoms with Crippen LogP contribution < -0.4 is 5.32 Å². The Morgan fingerprint density at radius 3 is 2.39 bits per heavy atom. The first-order valence-electron chi connectivity index (χ1n) is 10.3. The molecule has 4 rings (SSSR count). The summed E-state index contributed by atoms with van der Waals surface area (Å²) in [6, 6.07) is 20.1. The van der Waals surface area contributed by atoms with E-state index in [1.807, 2.05) is 54.6 Å². The largest absolute Gasteiger partial charge is 0.352 e. The zero-order chi connectivity index (χ0) is 19.5. The summed E-state index contributed by atoms with van der Waals surface area (Å²) in [6.07, 6.45) is 6.59. The summed E-state index contributed by atoms with van der Waals surface area (Å²) in [6.45, 7) is 2.28. The Kier molecular flexibility index (Phi) is 5.43. The Morgan fingerprint density at radius 1 is 1.00 bits per heavy atom. The molecule has 0 radical (unpaired) electrons. The Bertz CT molecular complexity index is 859. The number of fused-ring (bicyclic) bond motifs is 1. The van der Waals surface area contributed by atoms with Crippen LogP contribution in [0.1, 0.15) is 43.2 Å². The first-order chi connectivity index (χ1) is 13.6. The van der Waals surface area contributed by atoms with Gasteiger partial charge in [0.05, 0.1) is 0 Å². The van der Waals surface area contributed by atoms with E-state index in [0.717, 1.165) is 30.4 Å². The van der Waals surface area contributed by atoms with Gasteiger partial charge < -0.3 is 5.32 Å². The lowest BCUT2D eigenvalue weighted by Crippen LogP contribution is -2.57. The van der Waals surface area contributed by atoms with Crippen molar-refractivity contribution in [2.75, 3.05) is 0 Å². The third-order valence-corrected chi connectivity index (χ3v) is 6.32. The van der Waals surface area contributed by atoms with Gasteiger partial charge >= 0.3 is 0 Å². The normalized spacial score (nSPS) is 29.9. The summed E-state index contributed by atoms with van der Waals surface area (Å²) >= 11 is 0. The molecule has 0 spiro atoms. The SMILES string of the molecule is CC1CCC2NC(=O)C(C(=O)/C=C/c3ccccc3)C(c3ccccc3)C2C1. The number of benzene rings is 2. The fourth-order valence-corrected chi connectivity index (χ4v) is 4.95. The average Bonchev–Trinajstić information content (AvgIpc) is 2.73. The van der Waals surface area contributed by atoms with Crippen LogP contribution in [0, 0.1) is 17.8 Å². The first kappa shape index (κ1) is 18.7. The number of rotatable bonds is 4. The molecule has 0 bridgehead atoms. The highest BCUT2D eigenvalue weighted by Crippen LogP contribution is 2.45. The predicted octanol–water partition coefficient (Wildman–Crippen LogP) is 4.60. The molecule has 1 saturated carbocycles. The second-order valence-electron chi connectivity index (χ2n) is 8.26. The lowest BCUT2D eigenvalue weighted by Gasteiger charge is -2.46. The van der Waals surface area contributed by atoms with Crippen molar-refractivity contribution in [2.24, 2.45) is 17.8 Å². The highest BCUT2D eigenvalue weighted by Gasteiger charge is 2.48. The van der Waals surface area contributed by atoms with Gasteiger partial charge in [0.15, 0.2) is 5.78 Å². The van der Waals surface area contributed by atoms with Crippen LogP contribution in [0.2, 0.25) is 0 Å². The number of nitrogens with one attached hydrogen (secondary N) is 1. The van der Waals surface area contributed by atoms with Gasteiger partial charge in [0, 0.05) is 12.0 Å². The van der Waals surface area contributed by atoms with Gasteiger partial charge in [0.1, 0.15) is 5.92 Å². The number of carbonyl (C=O) groups excluding carboxylic acids is 2. The van der Waals surface area contributed by atoms with E-state index in [4.69, 9.17) is 0 Å². The summed E-state index contributed by atoms with van der Waals surface area (Å²) in [5.41, 5.74) is 2.07. The fourth-order valence-electron chi connectivity index (χ4n) is 4.95. The summed E-state index contributed by atoms with van der Waals surface area (Å²) in [5, 5.41) is 3.17. The molecule has 0 aromatic heterocycles. The molecule has 1 saturated heterocycles. The Hall–Kier alpha value is -2.68. The van der Waals surface area contributed by atoms with Gasteiger partial charge in [-0.25, -0.2) is 0 Å². The van der Waals surface area contributed by atoms with E-state index in [1.54, 1.807) is 6.08 Å². The van der Waals surface area contributed by atoms with E-state index in [9.17, 15) is 9.59 Å². The van der Waals surface area contributed by atoms with Crippen LogP contribution in [-0.4, -0.2) is 17.7 Å². The third kappa shape index (κ3) is 3.80. The molecular formula is C25H27NO2. The molecule has 1 amide bonds. The van der Waals surface area contributed by atoms with Crippen LogP contribution in [0.5, 0.6) is 0 Å². The molecule has 5 atom stereocenters. The van der Waals surface area contributed by atoms with Gasteiger partial charge in [-0.15, -0.1) is 0 Å². The molecule has 1 N–H and O–H groups in total. The van der Waals surface area contributed by atoms with E-state index in [0.29, 0.717) is 11.8 Å². The van der Waals surface area contributed by atoms with Gasteiger partial charge in [0.2, 0.25) is 5.91 Å². The minimum atomic E-state index is -0.658. The van der Waals surface area contributed by atoms with Crippen molar-refractivity contribution in [2.45, 2.75) is 38.1 Å². The van der Waals surface area contributed by atoms with E-state index >= 15 is 0 Å². The molecule has 144 valence electrons. The van der Waals surface area contributed by atoms with E-state index in [1.165, 1.54) is 0 Å². The standard InChI is InChI=1S/C25H27NO2/c1-17-12-14-21-20(16-17)23(19-10-6-3-7-11-19)24(25(28)26-21)22(27)15-13-18-8-4-2-5-9-18/h2-11,13,15,17,20-21,23-24H,12,14,16H2,1H3,(H,26,28)/b15-13+. The lowest BCUT2D eigenvalue weighted by molar-refractivity contribution is -0.138. The number of amides is 1. The summed E-state index contributed by atoms with van der Waals surface area (Å²) in [5.74, 6) is -0.00946. The van der Waals surface area contributed by atoms with Gasteiger partial charge in [0.25, 0.3) is 0 Å². The maximum atomic E-state index is 13.2. The number of ketones is 1. The minimum Gasteiger partial charge on any atom is -0.352 e. The van der Waals surface area contributed by atoms with Crippen LogP contribution in [0.3, 0.4) is 0 Å². The molecule has 1 heterocycles. The summed E-state index contributed by atoms with van der Waals surface area (Å²) in [4.78, 5) is 26.2. The molecule has 2 aromatic carbocycles. The fraction of sp³-hybridized carbons (Fsp3) is 0.360. The van der Waals surface area contributed by atoms with Crippen molar-refractivity contribution in [3.63, 3.8) is 0 Å². The second-order valence-corrected chi connectivity index (χ2v) is 8.26. The maximum Gasteiger partial charge on any atom is 0.231 e. The lowest BCUT2D eigenvalue weighted by atomic mass is 9.63. The Labute approximate surface area is 166 Å². The topological polar surface area (TPSA) is 46.2 Å². The molecule has 1 aliphatic heterocycles. The average molecular weight is 373 g/mol. The molecule has 2 aromatic rings. The quantitative estimate of drug-likeness (QED) is 0.629. The van der Waals surface area contributed by atoms with Crippen LogP contribution in [0.15, 0.2) is 66.7 Å². The second kappa shape index (κ2) is 8.14. The number of piperidine rings is 1.